The number of hydrogen-bond acceptors (Lipinski definition) is 2. The van der Waals surface area contributed by atoms with E-state index in [2.05, 4.69) is 29.2 Å². The van der Waals surface area contributed by atoms with Gasteiger partial charge < -0.3 is 4.98 Å². The van der Waals surface area contributed by atoms with E-state index in [0.717, 1.165) is 55.6 Å². The van der Waals surface area contributed by atoms with Gasteiger partial charge in [0.15, 0.2) is 0 Å². The summed E-state index contributed by atoms with van der Waals surface area (Å²) in [6.45, 7) is 0. The Hall–Kier alpha value is -1.90. The van der Waals surface area contributed by atoms with E-state index in [4.69, 9.17) is 4.98 Å². The van der Waals surface area contributed by atoms with Gasteiger partial charge in [0, 0.05) is 11.5 Å². The summed E-state index contributed by atoms with van der Waals surface area (Å²) in [5, 5.41) is 0. The largest absolute Gasteiger partial charge is 0.310 e. The Morgan fingerprint density at radius 2 is 1.90 bits per heavy atom. The molecule has 1 atom stereocenters. The summed E-state index contributed by atoms with van der Waals surface area (Å²) in [6.07, 6.45) is 7.47. The molecule has 1 unspecified atom stereocenters. The van der Waals surface area contributed by atoms with Gasteiger partial charge in [-0.2, -0.15) is 0 Å². The van der Waals surface area contributed by atoms with Crippen molar-refractivity contribution >= 4 is 0 Å². The van der Waals surface area contributed by atoms with Crippen LogP contribution in [-0.2, 0) is 19.3 Å². The molecule has 1 aromatic heterocycles. The Kier molecular flexibility index (Phi) is 3.13. The Bertz CT molecular complexity index is 732. The monoisotopic (exact) mass is 280 g/mol. The summed E-state index contributed by atoms with van der Waals surface area (Å²) in [7, 11) is 0. The number of benzene rings is 1. The van der Waals surface area contributed by atoms with Gasteiger partial charge in [-0.15, -0.1) is 0 Å². The first-order valence-electron chi connectivity index (χ1n) is 8.02. The molecule has 1 aromatic carbocycles. The average molecular weight is 280 g/mol. The highest BCUT2D eigenvalue weighted by molar-refractivity contribution is 5.39. The van der Waals surface area contributed by atoms with Gasteiger partial charge in [-0.25, -0.2) is 4.98 Å². The van der Waals surface area contributed by atoms with Crippen molar-refractivity contribution in [2.24, 2.45) is 0 Å². The lowest BCUT2D eigenvalue weighted by Gasteiger charge is -2.13. The van der Waals surface area contributed by atoms with Crippen LogP contribution in [-0.4, -0.2) is 9.97 Å². The molecule has 0 radical (unpaired) electrons. The van der Waals surface area contributed by atoms with Crippen LogP contribution in [0.1, 0.15) is 59.8 Å². The minimum Gasteiger partial charge on any atom is -0.310 e. The normalized spacial score (nSPS) is 20.7. The Morgan fingerprint density at radius 1 is 1.05 bits per heavy atom. The summed E-state index contributed by atoms with van der Waals surface area (Å²) >= 11 is 0. The molecule has 0 amide bonds. The number of nitrogens with one attached hydrogen (secondary N) is 1. The smallest absolute Gasteiger partial charge is 0.254 e. The van der Waals surface area contributed by atoms with E-state index in [0.29, 0.717) is 0 Å². The lowest BCUT2D eigenvalue weighted by molar-refractivity contribution is 0.697. The van der Waals surface area contributed by atoms with Crippen LogP contribution in [0.4, 0.5) is 0 Å². The maximum absolute atomic E-state index is 12.4. The SMILES string of the molecule is O=c1[nH]c(C2CCc3ccccc32)nc2c1CCCCC2. The lowest BCUT2D eigenvalue weighted by Crippen LogP contribution is -2.21. The molecular weight excluding hydrogens is 260 g/mol. The van der Waals surface area contributed by atoms with Gasteiger partial charge in [-0.05, 0) is 49.7 Å². The molecule has 0 fully saturated rings. The number of hydrogen-bond donors (Lipinski definition) is 1. The summed E-state index contributed by atoms with van der Waals surface area (Å²) < 4.78 is 0. The quantitative estimate of drug-likeness (QED) is 0.816. The van der Waals surface area contributed by atoms with Gasteiger partial charge in [0.25, 0.3) is 5.56 Å². The first-order chi connectivity index (χ1) is 10.3. The second-order valence-corrected chi connectivity index (χ2v) is 6.23. The zero-order valence-electron chi connectivity index (χ0n) is 12.2. The summed E-state index contributed by atoms with van der Waals surface area (Å²) in [4.78, 5) is 20.3. The van der Waals surface area contributed by atoms with E-state index in [1.165, 1.54) is 17.5 Å². The van der Waals surface area contributed by atoms with Crippen LogP contribution in [0.25, 0.3) is 0 Å². The zero-order valence-corrected chi connectivity index (χ0v) is 12.2. The number of fused-ring (bicyclic) bond motifs is 2. The van der Waals surface area contributed by atoms with Gasteiger partial charge >= 0.3 is 0 Å². The summed E-state index contributed by atoms with van der Waals surface area (Å²) in [5.41, 5.74) is 4.83. The fraction of sp³-hybridized carbons (Fsp3) is 0.444. The van der Waals surface area contributed by atoms with Gasteiger partial charge in [0.2, 0.25) is 0 Å². The van der Waals surface area contributed by atoms with Crippen molar-refractivity contribution in [2.45, 2.75) is 50.9 Å². The van der Waals surface area contributed by atoms with Crippen LogP contribution in [0.15, 0.2) is 29.1 Å². The van der Waals surface area contributed by atoms with Crippen LogP contribution in [0.3, 0.4) is 0 Å². The van der Waals surface area contributed by atoms with Gasteiger partial charge in [-0.3, -0.25) is 4.79 Å². The predicted octanol–water partition coefficient (Wildman–Crippen LogP) is 3.12. The third-order valence-corrected chi connectivity index (χ3v) is 4.92. The Labute approximate surface area is 124 Å². The predicted molar refractivity (Wildman–Crippen MR) is 82.7 cm³/mol. The maximum Gasteiger partial charge on any atom is 0.254 e. The number of nitrogens with zero attached hydrogens (tertiary/aromatic N) is 1. The zero-order chi connectivity index (χ0) is 14.2. The van der Waals surface area contributed by atoms with Crippen LogP contribution in [0.5, 0.6) is 0 Å². The molecule has 0 saturated heterocycles. The Morgan fingerprint density at radius 3 is 2.86 bits per heavy atom. The second-order valence-electron chi connectivity index (χ2n) is 6.23. The molecule has 2 aliphatic carbocycles. The standard InChI is InChI=1S/C18H20N2O/c21-18-15-8-2-1-3-9-16(15)19-17(20-18)14-11-10-12-6-4-5-7-13(12)14/h4-7,14H,1-3,8-11H2,(H,19,20,21). The van der Waals surface area contributed by atoms with E-state index in [-0.39, 0.29) is 11.5 Å². The molecular formula is C18H20N2O. The lowest BCUT2D eigenvalue weighted by atomic mass is 10.00. The molecule has 0 bridgehead atoms. The van der Waals surface area contributed by atoms with Crippen molar-refractivity contribution in [3.63, 3.8) is 0 Å². The van der Waals surface area contributed by atoms with Gasteiger partial charge in [-0.1, -0.05) is 30.7 Å². The van der Waals surface area contributed by atoms with E-state index in [1.807, 2.05) is 0 Å². The van der Waals surface area contributed by atoms with Crippen LogP contribution in [0.2, 0.25) is 0 Å². The van der Waals surface area contributed by atoms with Crippen molar-refractivity contribution < 1.29 is 0 Å². The second kappa shape index (κ2) is 5.14. The first-order valence-corrected chi connectivity index (χ1v) is 8.02. The molecule has 3 heteroatoms. The molecule has 0 saturated carbocycles. The molecule has 108 valence electrons. The number of aryl methyl sites for hydroxylation is 2. The molecule has 1 N–H and O–H groups in total. The minimum absolute atomic E-state index is 0.0984. The third-order valence-electron chi connectivity index (χ3n) is 4.92. The van der Waals surface area contributed by atoms with E-state index in [9.17, 15) is 4.79 Å². The van der Waals surface area contributed by atoms with E-state index in [1.54, 1.807) is 0 Å². The highest BCUT2D eigenvalue weighted by Crippen LogP contribution is 2.36. The number of rotatable bonds is 1. The van der Waals surface area contributed by atoms with Crippen molar-refractivity contribution in [3.05, 3.63) is 62.8 Å². The van der Waals surface area contributed by atoms with Gasteiger partial charge in [0.1, 0.15) is 5.82 Å². The number of aromatic amines is 1. The van der Waals surface area contributed by atoms with E-state index < -0.39 is 0 Å². The molecule has 2 aliphatic rings. The van der Waals surface area contributed by atoms with Crippen molar-refractivity contribution in [2.75, 3.05) is 0 Å². The summed E-state index contributed by atoms with van der Waals surface area (Å²) in [5.74, 6) is 1.15. The molecule has 0 spiro atoms. The van der Waals surface area contributed by atoms with Crippen LogP contribution >= 0.6 is 0 Å². The Balaban J connectivity index is 1.79. The summed E-state index contributed by atoms with van der Waals surface area (Å²) in [6, 6.07) is 8.54. The highest BCUT2D eigenvalue weighted by atomic mass is 16.1. The van der Waals surface area contributed by atoms with Gasteiger partial charge in [0.05, 0.1) is 5.69 Å². The fourth-order valence-corrected chi connectivity index (χ4v) is 3.81. The van der Waals surface area contributed by atoms with Crippen molar-refractivity contribution in [1.82, 2.24) is 9.97 Å². The molecule has 1 heterocycles. The highest BCUT2D eigenvalue weighted by Gasteiger charge is 2.26. The number of H-pyrrole nitrogens is 1. The third kappa shape index (κ3) is 2.21. The maximum atomic E-state index is 12.4. The van der Waals surface area contributed by atoms with Crippen LogP contribution in [0, 0.1) is 0 Å². The van der Waals surface area contributed by atoms with Crippen molar-refractivity contribution in [1.29, 1.82) is 0 Å². The molecule has 2 aromatic rings. The van der Waals surface area contributed by atoms with Crippen LogP contribution < -0.4 is 5.56 Å². The molecule has 3 nitrogen and oxygen atoms in total. The first kappa shape index (κ1) is 12.8. The molecule has 4 rings (SSSR count). The van der Waals surface area contributed by atoms with Crippen molar-refractivity contribution in [3.8, 4) is 0 Å². The topological polar surface area (TPSA) is 45.8 Å². The molecule has 21 heavy (non-hydrogen) atoms. The average Bonchev–Trinajstić information content (AvgIpc) is 2.78. The fourth-order valence-electron chi connectivity index (χ4n) is 3.81. The van der Waals surface area contributed by atoms with E-state index >= 15 is 0 Å². The molecule has 0 aliphatic heterocycles. The minimum atomic E-state index is 0.0984. The number of aromatic nitrogens is 2.